The molecule has 0 bridgehead atoms. The van der Waals surface area contributed by atoms with Gasteiger partial charge in [0.05, 0.1) is 0 Å². The molecule has 1 saturated heterocycles. The van der Waals surface area contributed by atoms with Gasteiger partial charge in [-0.15, -0.1) is 0 Å². The van der Waals surface area contributed by atoms with Gasteiger partial charge in [-0.3, -0.25) is 14.5 Å². The number of urea groups is 1. The van der Waals surface area contributed by atoms with Crippen molar-refractivity contribution >= 4 is 39.5 Å². The highest BCUT2D eigenvalue weighted by molar-refractivity contribution is 9.10. The van der Waals surface area contributed by atoms with Crippen molar-refractivity contribution in [2.75, 3.05) is 11.9 Å². The Morgan fingerprint density at radius 3 is 2.74 bits per heavy atom. The number of carbonyl (C=O) groups excluding carboxylic acids is 3. The Bertz CT molecular complexity index is 656. The third kappa shape index (κ3) is 3.24. The lowest BCUT2D eigenvalue weighted by Gasteiger charge is -2.19. The minimum atomic E-state index is -0.710. The van der Waals surface area contributed by atoms with E-state index in [-0.39, 0.29) is 30.8 Å². The number of hydrogen-bond donors (Lipinski definition) is 2. The normalized spacial score (nSPS) is 19.3. The van der Waals surface area contributed by atoms with Crippen molar-refractivity contribution in [1.82, 2.24) is 10.2 Å². The van der Waals surface area contributed by atoms with E-state index in [2.05, 4.69) is 26.6 Å². The average Bonchev–Trinajstić information content (AvgIpc) is 3.04. The summed E-state index contributed by atoms with van der Waals surface area (Å²) < 4.78 is 0.868. The molecular weight excluding hydrogens is 362 g/mol. The maximum Gasteiger partial charge on any atom is 0.325 e. The van der Waals surface area contributed by atoms with Crippen molar-refractivity contribution in [3.05, 3.63) is 28.7 Å². The Labute approximate surface area is 142 Å². The molecule has 3 rings (SSSR count). The van der Waals surface area contributed by atoms with Crippen molar-refractivity contribution in [2.45, 2.75) is 37.6 Å². The average molecular weight is 380 g/mol. The fourth-order valence-electron chi connectivity index (χ4n) is 3.20. The second-order valence-corrected chi connectivity index (χ2v) is 6.90. The minimum Gasteiger partial charge on any atom is -0.326 e. The molecule has 2 fully saturated rings. The molecule has 7 heteroatoms. The number of benzene rings is 1. The van der Waals surface area contributed by atoms with Gasteiger partial charge in [0.1, 0.15) is 5.54 Å². The fraction of sp³-hybridized carbons (Fsp3) is 0.438. The number of imide groups is 1. The topological polar surface area (TPSA) is 78.5 Å². The van der Waals surface area contributed by atoms with Gasteiger partial charge in [-0.25, -0.2) is 4.79 Å². The van der Waals surface area contributed by atoms with Crippen LogP contribution >= 0.6 is 15.9 Å². The Kier molecular flexibility index (Phi) is 4.39. The summed E-state index contributed by atoms with van der Waals surface area (Å²) in [5.74, 6) is -0.411. The van der Waals surface area contributed by atoms with E-state index in [0.29, 0.717) is 18.5 Å². The lowest BCUT2D eigenvalue weighted by molar-refractivity contribution is -0.131. The number of anilines is 1. The molecule has 2 aliphatic rings. The Balaban J connectivity index is 1.56. The van der Waals surface area contributed by atoms with Crippen LogP contribution in [-0.2, 0) is 9.59 Å². The highest BCUT2D eigenvalue weighted by Crippen LogP contribution is 2.35. The monoisotopic (exact) mass is 379 g/mol. The third-order valence-electron chi connectivity index (χ3n) is 4.37. The van der Waals surface area contributed by atoms with Crippen LogP contribution in [0.4, 0.5) is 10.5 Å². The molecule has 1 heterocycles. The Hall–Kier alpha value is -1.89. The highest BCUT2D eigenvalue weighted by Gasteiger charge is 2.52. The second kappa shape index (κ2) is 6.31. The zero-order chi connectivity index (χ0) is 16.4. The largest absolute Gasteiger partial charge is 0.326 e. The molecule has 122 valence electrons. The number of rotatable bonds is 4. The molecule has 0 radical (unpaired) electrons. The van der Waals surface area contributed by atoms with E-state index < -0.39 is 5.54 Å². The summed E-state index contributed by atoms with van der Waals surface area (Å²) >= 11 is 3.34. The van der Waals surface area contributed by atoms with E-state index in [9.17, 15) is 14.4 Å². The molecule has 1 aromatic rings. The molecule has 0 unspecified atom stereocenters. The molecule has 6 nitrogen and oxygen atoms in total. The van der Waals surface area contributed by atoms with E-state index >= 15 is 0 Å². The number of carbonyl (C=O) groups is 3. The summed E-state index contributed by atoms with van der Waals surface area (Å²) in [5.41, 5.74) is -0.0356. The molecule has 4 amide bonds. The van der Waals surface area contributed by atoms with Crippen LogP contribution < -0.4 is 10.6 Å². The zero-order valence-electron chi connectivity index (χ0n) is 12.6. The molecular formula is C16H18BrN3O3. The van der Waals surface area contributed by atoms with E-state index in [0.717, 1.165) is 17.3 Å². The summed E-state index contributed by atoms with van der Waals surface area (Å²) in [6.45, 7) is 0.103. The number of hydrogen-bond acceptors (Lipinski definition) is 3. The smallest absolute Gasteiger partial charge is 0.325 e. The summed E-state index contributed by atoms with van der Waals surface area (Å²) in [4.78, 5) is 37.7. The van der Waals surface area contributed by atoms with Crippen molar-refractivity contribution in [3.8, 4) is 0 Å². The maximum absolute atomic E-state index is 12.5. The standard InChI is InChI=1S/C16H18BrN3O3/c17-11-4-3-5-12(10-11)18-13(21)6-9-20-14(22)16(19-15(20)23)7-1-2-8-16/h3-5,10H,1-2,6-9H2,(H,18,21)(H,19,23). The summed E-state index contributed by atoms with van der Waals surface area (Å²) in [6.07, 6.45) is 3.37. The van der Waals surface area contributed by atoms with E-state index in [1.165, 1.54) is 4.90 Å². The van der Waals surface area contributed by atoms with Gasteiger partial charge in [-0.2, -0.15) is 0 Å². The van der Waals surface area contributed by atoms with Crippen LogP contribution in [0.2, 0.25) is 0 Å². The van der Waals surface area contributed by atoms with Crippen LogP contribution in [0.25, 0.3) is 0 Å². The predicted octanol–water partition coefficient (Wildman–Crippen LogP) is 2.64. The summed E-state index contributed by atoms with van der Waals surface area (Å²) in [7, 11) is 0. The number of halogens is 1. The lowest BCUT2D eigenvalue weighted by Crippen LogP contribution is -2.44. The van der Waals surface area contributed by atoms with Crippen molar-refractivity contribution in [1.29, 1.82) is 0 Å². The van der Waals surface area contributed by atoms with Gasteiger partial charge in [0.25, 0.3) is 5.91 Å². The number of nitrogens with zero attached hydrogens (tertiary/aromatic N) is 1. The van der Waals surface area contributed by atoms with E-state index in [1.807, 2.05) is 12.1 Å². The predicted molar refractivity (Wildman–Crippen MR) is 88.8 cm³/mol. The van der Waals surface area contributed by atoms with Crippen LogP contribution in [0, 0.1) is 0 Å². The summed E-state index contributed by atoms with van der Waals surface area (Å²) in [6, 6.07) is 6.88. The van der Waals surface area contributed by atoms with Crippen LogP contribution in [0.3, 0.4) is 0 Å². The first-order chi connectivity index (χ1) is 11.0. The van der Waals surface area contributed by atoms with Gasteiger partial charge in [0.15, 0.2) is 0 Å². The maximum atomic E-state index is 12.5. The van der Waals surface area contributed by atoms with Crippen LogP contribution in [0.15, 0.2) is 28.7 Å². The second-order valence-electron chi connectivity index (χ2n) is 5.98. The van der Waals surface area contributed by atoms with Gasteiger partial charge in [0, 0.05) is 23.1 Å². The molecule has 1 aliphatic carbocycles. The van der Waals surface area contributed by atoms with Crippen LogP contribution in [-0.4, -0.2) is 34.8 Å². The molecule has 1 saturated carbocycles. The molecule has 1 aromatic carbocycles. The minimum absolute atomic E-state index is 0.0851. The van der Waals surface area contributed by atoms with E-state index in [4.69, 9.17) is 0 Å². The SMILES string of the molecule is O=C(CCN1C(=O)NC2(CCCC2)C1=O)Nc1cccc(Br)c1. The quantitative estimate of drug-likeness (QED) is 0.789. The molecule has 1 spiro atoms. The van der Waals surface area contributed by atoms with Gasteiger partial charge in [0.2, 0.25) is 5.91 Å². The van der Waals surface area contributed by atoms with Crippen molar-refractivity contribution in [2.24, 2.45) is 0 Å². The lowest BCUT2D eigenvalue weighted by atomic mass is 9.98. The molecule has 2 N–H and O–H groups in total. The van der Waals surface area contributed by atoms with E-state index in [1.54, 1.807) is 12.1 Å². The van der Waals surface area contributed by atoms with Crippen molar-refractivity contribution < 1.29 is 14.4 Å². The zero-order valence-corrected chi connectivity index (χ0v) is 14.2. The fourth-order valence-corrected chi connectivity index (χ4v) is 3.60. The van der Waals surface area contributed by atoms with Gasteiger partial charge >= 0.3 is 6.03 Å². The Morgan fingerprint density at radius 1 is 1.30 bits per heavy atom. The highest BCUT2D eigenvalue weighted by atomic mass is 79.9. The number of amides is 4. The van der Waals surface area contributed by atoms with Crippen LogP contribution in [0.1, 0.15) is 32.1 Å². The first kappa shape index (κ1) is 16.0. The molecule has 1 aliphatic heterocycles. The van der Waals surface area contributed by atoms with Gasteiger partial charge < -0.3 is 10.6 Å². The molecule has 23 heavy (non-hydrogen) atoms. The molecule has 0 aromatic heterocycles. The molecule has 0 atom stereocenters. The summed E-state index contributed by atoms with van der Waals surface area (Å²) in [5, 5.41) is 5.57. The first-order valence-electron chi connectivity index (χ1n) is 7.70. The first-order valence-corrected chi connectivity index (χ1v) is 8.49. The number of nitrogens with one attached hydrogen (secondary N) is 2. The van der Waals surface area contributed by atoms with Crippen molar-refractivity contribution in [3.63, 3.8) is 0 Å². The van der Waals surface area contributed by atoms with Gasteiger partial charge in [-0.1, -0.05) is 34.8 Å². The Morgan fingerprint density at radius 2 is 2.04 bits per heavy atom. The van der Waals surface area contributed by atoms with Crippen LogP contribution in [0.5, 0.6) is 0 Å². The van der Waals surface area contributed by atoms with Gasteiger partial charge in [-0.05, 0) is 31.0 Å². The third-order valence-corrected chi connectivity index (χ3v) is 4.87.